The lowest BCUT2D eigenvalue weighted by molar-refractivity contribution is -0.146. The number of hydrogen-bond donors (Lipinski definition) is 1. The molecule has 118 valence electrons. The van der Waals surface area contributed by atoms with Crippen LogP contribution in [-0.2, 0) is 0 Å². The van der Waals surface area contributed by atoms with Crippen molar-refractivity contribution in [3.63, 3.8) is 0 Å². The maximum absolute atomic E-state index is 12.4. The molecule has 1 aliphatic heterocycles. The summed E-state index contributed by atoms with van der Waals surface area (Å²) in [7, 11) is 0. The molecule has 1 fully saturated rings. The molecule has 0 aromatic carbocycles. The minimum Gasteiger partial charge on any atom is -0.337 e. The zero-order chi connectivity index (χ0) is 15.5. The highest BCUT2D eigenvalue weighted by molar-refractivity contribution is 5.92. The SMILES string of the molecule is CCN(C[C@@H]1CCN(C(=O)c2ccn[nH]2)C1)CC(F)(F)F. The number of hydrogen-bond acceptors (Lipinski definition) is 3. The van der Waals surface area contributed by atoms with Crippen molar-refractivity contribution < 1.29 is 18.0 Å². The smallest absolute Gasteiger partial charge is 0.337 e. The van der Waals surface area contributed by atoms with Gasteiger partial charge in [-0.25, -0.2) is 0 Å². The Morgan fingerprint density at radius 2 is 2.33 bits per heavy atom. The highest BCUT2D eigenvalue weighted by Crippen LogP contribution is 2.22. The van der Waals surface area contributed by atoms with E-state index in [4.69, 9.17) is 0 Å². The average molecular weight is 304 g/mol. The topological polar surface area (TPSA) is 52.2 Å². The number of halogens is 3. The van der Waals surface area contributed by atoms with Crippen LogP contribution in [0.1, 0.15) is 23.8 Å². The molecule has 0 aliphatic carbocycles. The van der Waals surface area contributed by atoms with Gasteiger partial charge in [0, 0.05) is 25.8 Å². The molecule has 2 rings (SSSR count). The fraction of sp³-hybridized carbons (Fsp3) is 0.692. The Balaban J connectivity index is 1.86. The highest BCUT2D eigenvalue weighted by atomic mass is 19.4. The minimum absolute atomic E-state index is 0.0826. The third kappa shape index (κ3) is 4.45. The lowest BCUT2D eigenvalue weighted by Gasteiger charge is -2.25. The van der Waals surface area contributed by atoms with Crippen molar-refractivity contribution in [1.82, 2.24) is 20.0 Å². The van der Waals surface area contributed by atoms with Crippen LogP contribution in [0.25, 0.3) is 0 Å². The first-order chi connectivity index (χ1) is 9.89. The number of carbonyl (C=O) groups excluding carboxylic acids is 1. The molecule has 5 nitrogen and oxygen atoms in total. The number of amides is 1. The highest BCUT2D eigenvalue weighted by Gasteiger charge is 2.33. The van der Waals surface area contributed by atoms with Crippen LogP contribution in [-0.4, -0.2) is 64.8 Å². The molecule has 1 N–H and O–H groups in total. The van der Waals surface area contributed by atoms with Gasteiger partial charge in [-0.05, 0) is 24.9 Å². The van der Waals surface area contributed by atoms with Gasteiger partial charge < -0.3 is 4.90 Å². The number of carbonyl (C=O) groups is 1. The molecule has 1 aromatic rings. The zero-order valence-electron chi connectivity index (χ0n) is 11.9. The predicted octanol–water partition coefficient (Wildman–Crippen LogP) is 1.76. The van der Waals surface area contributed by atoms with Gasteiger partial charge >= 0.3 is 6.18 Å². The van der Waals surface area contributed by atoms with Crippen molar-refractivity contribution in [1.29, 1.82) is 0 Å². The Morgan fingerprint density at radius 1 is 1.57 bits per heavy atom. The molecule has 1 amide bonds. The van der Waals surface area contributed by atoms with Gasteiger partial charge in [-0.3, -0.25) is 14.8 Å². The van der Waals surface area contributed by atoms with E-state index in [-0.39, 0.29) is 11.8 Å². The lowest BCUT2D eigenvalue weighted by Crippen LogP contribution is -2.38. The number of rotatable bonds is 5. The normalized spacial score (nSPS) is 19.5. The molecule has 1 saturated heterocycles. The van der Waals surface area contributed by atoms with E-state index in [1.54, 1.807) is 17.9 Å². The summed E-state index contributed by atoms with van der Waals surface area (Å²) in [4.78, 5) is 15.1. The van der Waals surface area contributed by atoms with Gasteiger partial charge in [0.1, 0.15) is 5.69 Å². The Morgan fingerprint density at radius 3 is 2.90 bits per heavy atom. The molecule has 1 aromatic heterocycles. The van der Waals surface area contributed by atoms with E-state index in [2.05, 4.69) is 10.2 Å². The molecule has 1 aliphatic rings. The van der Waals surface area contributed by atoms with Crippen LogP contribution in [0.3, 0.4) is 0 Å². The first-order valence-electron chi connectivity index (χ1n) is 6.97. The lowest BCUT2D eigenvalue weighted by atomic mass is 10.1. The molecule has 1 atom stereocenters. The number of nitrogens with zero attached hydrogens (tertiary/aromatic N) is 3. The fourth-order valence-electron chi connectivity index (χ4n) is 2.64. The molecule has 0 unspecified atom stereocenters. The number of likely N-dealkylation sites (tertiary alicyclic amines) is 1. The monoisotopic (exact) mass is 304 g/mol. The second-order valence-electron chi connectivity index (χ2n) is 5.32. The van der Waals surface area contributed by atoms with Gasteiger partial charge in [0.2, 0.25) is 0 Å². The standard InChI is InChI=1S/C13H19F3N4O/c1-2-19(9-13(14,15)16)7-10-4-6-20(8-10)12(21)11-3-5-17-18-11/h3,5,10H,2,4,6-9H2,1H3,(H,17,18)/t10-/m0/s1. The van der Waals surface area contributed by atoms with Crippen LogP contribution >= 0.6 is 0 Å². The predicted molar refractivity (Wildman–Crippen MR) is 70.8 cm³/mol. The van der Waals surface area contributed by atoms with E-state index < -0.39 is 12.7 Å². The number of alkyl halides is 3. The summed E-state index contributed by atoms with van der Waals surface area (Å²) in [5.41, 5.74) is 0.415. The van der Waals surface area contributed by atoms with Crippen LogP contribution in [0.2, 0.25) is 0 Å². The van der Waals surface area contributed by atoms with E-state index in [0.717, 1.165) is 6.42 Å². The van der Waals surface area contributed by atoms with Crippen LogP contribution in [0, 0.1) is 5.92 Å². The second kappa shape index (κ2) is 6.46. The largest absolute Gasteiger partial charge is 0.401 e. The van der Waals surface area contributed by atoms with Crippen molar-refractivity contribution in [3.05, 3.63) is 18.0 Å². The molecule has 2 heterocycles. The maximum Gasteiger partial charge on any atom is 0.401 e. The molecular formula is C13H19F3N4O. The number of nitrogens with one attached hydrogen (secondary N) is 1. The molecule has 0 spiro atoms. The van der Waals surface area contributed by atoms with Gasteiger partial charge in [0.25, 0.3) is 5.91 Å². The second-order valence-corrected chi connectivity index (χ2v) is 5.32. The quantitative estimate of drug-likeness (QED) is 0.902. The summed E-state index contributed by atoms with van der Waals surface area (Å²) < 4.78 is 37.3. The van der Waals surface area contributed by atoms with Crippen molar-refractivity contribution in [2.75, 3.05) is 32.7 Å². The fourth-order valence-corrected chi connectivity index (χ4v) is 2.64. The van der Waals surface area contributed by atoms with Crippen molar-refractivity contribution in [2.24, 2.45) is 5.92 Å². The number of H-pyrrole nitrogens is 1. The van der Waals surface area contributed by atoms with Crippen molar-refractivity contribution in [3.8, 4) is 0 Å². The van der Waals surface area contributed by atoms with Gasteiger partial charge in [-0.2, -0.15) is 18.3 Å². The summed E-state index contributed by atoms with van der Waals surface area (Å²) in [6.45, 7) is 2.61. The molecule has 8 heteroatoms. The Labute approximate surface area is 121 Å². The summed E-state index contributed by atoms with van der Waals surface area (Å²) >= 11 is 0. The Kier molecular flexibility index (Phi) is 4.87. The number of aromatic amines is 1. The third-order valence-corrected chi connectivity index (χ3v) is 3.67. The van der Waals surface area contributed by atoms with E-state index in [9.17, 15) is 18.0 Å². The van der Waals surface area contributed by atoms with E-state index >= 15 is 0 Å². The summed E-state index contributed by atoms with van der Waals surface area (Å²) in [6, 6.07) is 1.59. The molecule has 0 radical (unpaired) electrons. The molecule has 0 saturated carbocycles. The first kappa shape index (κ1) is 15.8. The summed E-state index contributed by atoms with van der Waals surface area (Å²) in [5.74, 6) is -0.0620. The van der Waals surface area contributed by atoms with Crippen LogP contribution < -0.4 is 0 Å². The van der Waals surface area contributed by atoms with Crippen LogP contribution in [0.4, 0.5) is 13.2 Å². The third-order valence-electron chi connectivity index (χ3n) is 3.67. The van der Waals surface area contributed by atoms with E-state index in [1.807, 2.05) is 0 Å². The molecule has 21 heavy (non-hydrogen) atoms. The molecular weight excluding hydrogens is 285 g/mol. The van der Waals surface area contributed by atoms with Crippen molar-refractivity contribution >= 4 is 5.91 Å². The Hall–Kier alpha value is -1.57. The van der Waals surface area contributed by atoms with Crippen molar-refractivity contribution in [2.45, 2.75) is 19.5 Å². The van der Waals surface area contributed by atoms with Crippen LogP contribution in [0.15, 0.2) is 12.3 Å². The number of aromatic nitrogens is 2. The van der Waals surface area contributed by atoms with Gasteiger partial charge in [0.05, 0.1) is 6.54 Å². The Bertz CT molecular complexity index is 460. The van der Waals surface area contributed by atoms with Crippen LogP contribution in [0.5, 0.6) is 0 Å². The minimum atomic E-state index is -4.18. The summed E-state index contributed by atoms with van der Waals surface area (Å²) in [6.07, 6.45) is -1.95. The zero-order valence-corrected chi connectivity index (χ0v) is 11.9. The first-order valence-corrected chi connectivity index (χ1v) is 6.97. The van der Waals surface area contributed by atoms with E-state index in [1.165, 1.54) is 11.1 Å². The average Bonchev–Trinajstić information content (AvgIpc) is 3.06. The maximum atomic E-state index is 12.4. The van der Waals surface area contributed by atoms with Gasteiger partial charge in [0.15, 0.2) is 0 Å². The van der Waals surface area contributed by atoms with Gasteiger partial charge in [-0.1, -0.05) is 6.92 Å². The van der Waals surface area contributed by atoms with E-state index in [0.29, 0.717) is 31.9 Å². The van der Waals surface area contributed by atoms with Gasteiger partial charge in [-0.15, -0.1) is 0 Å². The molecule has 0 bridgehead atoms. The summed E-state index contributed by atoms with van der Waals surface area (Å²) in [5, 5.41) is 6.34.